The molecule has 0 atom stereocenters. The van der Waals surface area contributed by atoms with Gasteiger partial charge in [0.1, 0.15) is 5.56 Å². The zero-order valence-electron chi connectivity index (χ0n) is 8.98. The van der Waals surface area contributed by atoms with Crippen LogP contribution in [0.3, 0.4) is 0 Å². The molecule has 1 aromatic carbocycles. The first-order valence-corrected chi connectivity index (χ1v) is 6.31. The van der Waals surface area contributed by atoms with E-state index in [4.69, 9.17) is 16.7 Å². The number of aromatic amines is 1. The minimum Gasteiger partial charge on any atom is -0.478 e. The first kappa shape index (κ1) is 11.3. The molecule has 3 rings (SSSR count). The molecule has 2 N–H and O–H groups in total. The summed E-state index contributed by atoms with van der Waals surface area (Å²) >= 11 is 7.58. The van der Waals surface area contributed by atoms with Crippen LogP contribution in [0.4, 0.5) is 0 Å². The third-order valence-electron chi connectivity index (χ3n) is 2.62. The van der Waals surface area contributed by atoms with Gasteiger partial charge in [0.2, 0.25) is 0 Å². The third kappa shape index (κ3) is 1.68. The summed E-state index contributed by atoms with van der Waals surface area (Å²) in [6.45, 7) is 0. The van der Waals surface area contributed by atoms with Crippen molar-refractivity contribution in [2.75, 3.05) is 0 Å². The van der Waals surface area contributed by atoms with Crippen LogP contribution in [0.5, 0.6) is 0 Å². The van der Waals surface area contributed by atoms with Gasteiger partial charge in [-0.2, -0.15) is 5.10 Å². The molecule has 90 valence electrons. The Morgan fingerprint density at radius 1 is 1.44 bits per heavy atom. The molecule has 0 aliphatic carbocycles. The van der Waals surface area contributed by atoms with Gasteiger partial charge >= 0.3 is 5.97 Å². The minimum atomic E-state index is -0.998. The molecular formula is C12H7ClN2O2S. The molecule has 0 saturated carbocycles. The number of thiophene rings is 1. The van der Waals surface area contributed by atoms with Gasteiger partial charge in [-0.15, -0.1) is 11.3 Å². The number of benzene rings is 1. The zero-order chi connectivity index (χ0) is 12.7. The quantitative estimate of drug-likeness (QED) is 0.752. The monoisotopic (exact) mass is 278 g/mol. The molecule has 0 aliphatic heterocycles. The highest BCUT2D eigenvalue weighted by Crippen LogP contribution is 2.37. The van der Waals surface area contributed by atoms with Crippen molar-refractivity contribution < 1.29 is 9.90 Å². The molecule has 2 heterocycles. The average molecular weight is 279 g/mol. The largest absolute Gasteiger partial charge is 0.478 e. The summed E-state index contributed by atoms with van der Waals surface area (Å²) in [5.41, 5.74) is 0.678. The van der Waals surface area contributed by atoms with E-state index in [1.54, 1.807) is 0 Å². The van der Waals surface area contributed by atoms with Gasteiger partial charge in [0, 0.05) is 15.1 Å². The Kier molecular flexibility index (Phi) is 2.57. The average Bonchev–Trinajstić information content (AvgIpc) is 2.95. The fourth-order valence-electron chi connectivity index (χ4n) is 1.78. The number of hydrogen-bond donors (Lipinski definition) is 2. The fourth-order valence-corrected chi connectivity index (χ4v) is 3.17. The highest BCUT2D eigenvalue weighted by Gasteiger charge is 2.16. The van der Waals surface area contributed by atoms with Crippen LogP contribution in [-0.2, 0) is 0 Å². The van der Waals surface area contributed by atoms with Crippen LogP contribution in [0.25, 0.3) is 20.7 Å². The lowest BCUT2D eigenvalue weighted by Gasteiger charge is -1.93. The van der Waals surface area contributed by atoms with Crippen molar-refractivity contribution >= 4 is 39.0 Å². The van der Waals surface area contributed by atoms with Crippen LogP contribution in [0.2, 0.25) is 5.02 Å². The number of rotatable bonds is 2. The summed E-state index contributed by atoms with van der Waals surface area (Å²) in [6, 6.07) is 7.51. The van der Waals surface area contributed by atoms with E-state index in [1.165, 1.54) is 17.5 Å². The topological polar surface area (TPSA) is 66.0 Å². The Bertz CT molecular complexity index is 747. The normalized spacial score (nSPS) is 10.9. The summed E-state index contributed by atoms with van der Waals surface area (Å²) < 4.78 is 1.02. The number of carboxylic acids is 1. The fraction of sp³-hybridized carbons (Fsp3) is 0. The molecule has 3 aromatic rings. The van der Waals surface area contributed by atoms with Crippen molar-refractivity contribution in [3.05, 3.63) is 41.0 Å². The highest BCUT2D eigenvalue weighted by molar-refractivity contribution is 7.22. The van der Waals surface area contributed by atoms with Crippen molar-refractivity contribution in [1.29, 1.82) is 0 Å². The number of aromatic carboxylic acids is 1. The number of fused-ring (bicyclic) bond motifs is 1. The van der Waals surface area contributed by atoms with E-state index in [0.29, 0.717) is 10.7 Å². The Morgan fingerprint density at radius 3 is 3.00 bits per heavy atom. The molecule has 0 bridgehead atoms. The Balaban J connectivity index is 2.23. The van der Waals surface area contributed by atoms with Gasteiger partial charge in [0.15, 0.2) is 0 Å². The number of carbonyl (C=O) groups is 1. The summed E-state index contributed by atoms with van der Waals surface area (Å²) in [7, 11) is 0. The van der Waals surface area contributed by atoms with Crippen LogP contribution in [-0.4, -0.2) is 21.3 Å². The van der Waals surface area contributed by atoms with Crippen molar-refractivity contribution in [2.45, 2.75) is 0 Å². The van der Waals surface area contributed by atoms with Crippen molar-refractivity contribution in [3.63, 3.8) is 0 Å². The molecule has 0 radical (unpaired) electrons. The van der Waals surface area contributed by atoms with Crippen molar-refractivity contribution in [2.24, 2.45) is 0 Å². The molecule has 0 spiro atoms. The van der Waals surface area contributed by atoms with Gasteiger partial charge in [-0.3, -0.25) is 5.10 Å². The van der Waals surface area contributed by atoms with E-state index in [9.17, 15) is 4.79 Å². The maximum atomic E-state index is 11.1. The van der Waals surface area contributed by atoms with Crippen molar-refractivity contribution in [1.82, 2.24) is 10.2 Å². The molecule has 18 heavy (non-hydrogen) atoms. The number of H-pyrrole nitrogens is 1. The Labute approximate surface area is 111 Å². The third-order valence-corrected chi connectivity index (χ3v) is 4.07. The SMILES string of the molecule is O=C(O)c1cn[nH]c1-c1cc2c(Cl)cccc2s1. The van der Waals surface area contributed by atoms with E-state index < -0.39 is 5.97 Å². The number of nitrogens with one attached hydrogen (secondary N) is 1. The second kappa shape index (κ2) is 4.12. The second-order valence-electron chi connectivity index (χ2n) is 3.73. The lowest BCUT2D eigenvalue weighted by atomic mass is 10.2. The van der Waals surface area contributed by atoms with Gasteiger partial charge in [0.05, 0.1) is 16.8 Å². The van der Waals surface area contributed by atoms with Crippen LogP contribution >= 0.6 is 22.9 Å². The molecule has 4 nitrogen and oxygen atoms in total. The summed E-state index contributed by atoms with van der Waals surface area (Å²) in [4.78, 5) is 11.9. The summed E-state index contributed by atoms with van der Waals surface area (Å²) in [5.74, 6) is -0.998. The summed E-state index contributed by atoms with van der Waals surface area (Å²) in [6.07, 6.45) is 1.31. The highest BCUT2D eigenvalue weighted by atomic mass is 35.5. The number of carboxylic acid groups (broad SMARTS) is 1. The molecule has 0 saturated heterocycles. The van der Waals surface area contributed by atoms with Crippen LogP contribution in [0.15, 0.2) is 30.5 Å². The first-order chi connectivity index (χ1) is 8.66. The lowest BCUT2D eigenvalue weighted by Crippen LogP contribution is -1.95. The van der Waals surface area contributed by atoms with E-state index in [0.717, 1.165) is 15.0 Å². The van der Waals surface area contributed by atoms with Gasteiger partial charge in [-0.25, -0.2) is 4.79 Å². The van der Waals surface area contributed by atoms with Gasteiger partial charge < -0.3 is 5.11 Å². The number of aromatic nitrogens is 2. The molecule has 6 heteroatoms. The van der Waals surface area contributed by atoms with Gasteiger partial charge in [0.25, 0.3) is 0 Å². The molecule has 0 aliphatic rings. The predicted octanol–water partition coefficient (Wildman–Crippen LogP) is 3.64. The van der Waals surface area contributed by atoms with E-state index in [-0.39, 0.29) is 5.56 Å². The Hall–Kier alpha value is -1.85. The Morgan fingerprint density at radius 2 is 2.28 bits per heavy atom. The zero-order valence-corrected chi connectivity index (χ0v) is 10.5. The molecular weight excluding hydrogens is 272 g/mol. The molecule has 0 fully saturated rings. The van der Waals surface area contributed by atoms with E-state index in [2.05, 4.69) is 10.2 Å². The first-order valence-electron chi connectivity index (χ1n) is 5.12. The standard InChI is InChI=1S/C12H7ClN2O2S/c13-8-2-1-3-9-6(8)4-10(18-9)11-7(12(16)17)5-14-15-11/h1-5H,(H,14,15)(H,16,17). The molecule has 2 aromatic heterocycles. The predicted molar refractivity (Wildman–Crippen MR) is 71.4 cm³/mol. The summed E-state index contributed by atoms with van der Waals surface area (Å²) in [5, 5.41) is 17.1. The number of halogens is 1. The van der Waals surface area contributed by atoms with Gasteiger partial charge in [-0.05, 0) is 18.2 Å². The maximum Gasteiger partial charge on any atom is 0.339 e. The van der Waals surface area contributed by atoms with Crippen LogP contribution in [0.1, 0.15) is 10.4 Å². The van der Waals surface area contributed by atoms with E-state index in [1.807, 2.05) is 24.3 Å². The van der Waals surface area contributed by atoms with Crippen molar-refractivity contribution in [3.8, 4) is 10.6 Å². The van der Waals surface area contributed by atoms with Crippen LogP contribution in [0, 0.1) is 0 Å². The lowest BCUT2D eigenvalue weighted by molar-refractivity contribution is 0.0698. The molecule has 0 amide bonds. The minimum absolute atomic E-state index is 0.165. The molecule has 0 unspecified atom stereocenters. The number of nitrogens with zero attached hydrogens (tertiary/aromatic N) is 1. The number of hydrogen-bond acceptors (Lipinski definition) is 3. The van der Waals surface area contributed by atoms with Gasteiger partial charge in [-0.1, -0.05) is 17.7 Å². The van der Waals surface area contributed by atoms with E-state index >= 15 is 0 Å². The second-order valence-corrected chi connectivity index (χ2v) is 5.22. The smallest absolute Gasteiger partial charge is 0.339 e. The van der Waals surface area contributed by atoms with Crippen LogP contribution < -0.4 is 0 Å². The maximum absolute atomic E-state index is 11.1.